The molecular formula is C23H37BN2O4. The van der Waals surface area contributed by atoms with Crippen molar-refractivity contribution < 1.29 is 18.8 Å². The van der Waals surface area contributed by atoms with Crippen LogP contribution >= 0.6 is 0 Å². The summed E-state index contributed by atoms with van der Waals surface area (Å²) < 4.78 is 23.9. The molecule has 0 N–H and O–H groups in total. The zero-order valence-electron chi connectivity index (χ0n) is 19.1. The molecule has 6 nitrogen and oxygen atoms in total. The van der Waals surface area contributed by atoms with Crippen LogP contribution in [0, 0.1) is 0 Å². The molecule has 30 heavy (non-hydrogen) atoms. The van der Waals surface area contributed by atoms with Crippen LogP contribution in [-0.4, -0.2) is 75.4 Å². The Morgan fingerprint density at radius 3 is 2.23 bits per heavy atom. The summed E-state index contributed by atoms with van der Waals surface area (Å²) in [5.41, 5.74) is 1.73. The molecule has 0 saturated carbocycles. The van der Waals surface area contributed by atoms with Crippen molar-refractivity contribution in [3.05, 3.63) is 24.3 Å². The molecule has 3 saturated heterocycles. The van der Waals surface area contributed by atoms with Crippen LogP contribution in [0.2, 0.25) is 0 Å². The van der Waals surface area contributed by atoms with Crippen LogP contribution in [0.25, 0.3) is 0 Å². The fourth-order valence-electron chi connectivity index (χ4n) is 4.21. The van der Waals surface area contributed by atoms with Crippen LogP contribution in [0.1, 0.15) is 47.0 Å². The van der Waals surface area contributed by atoms with Gasteiger partial charge in [0.1, 0.15) is 0 Å². The highest BCUT2D eigenvalue weighted by molar-refractivity contribution is 6.62. The average molecular weight is 416 g/mol. The third-order valence-corrected chi connectivity index (χ3v) is 7.01. The lowest BCUT2D eigenvalue weighted by atomic mass is 9.79. The van der Waals surface area contributed by atoms with Gasteiger partial charge in [-0.3, -0.25) is 4.90 Å². The minimum Gasteiger partial charge on any atom is -0.399 e. The first-order valence-electron chi connectivity index (χ1n) is 11.5. The van der Waals surface area contributed by atoms with Crippen LogP contribution in [0.3, 0.4) is 0 Å². The molecule has 4 rings (SSSR count). The fraction of sp³-hybridized carbons (Fsp3) is 0.739. The number of ether oxygens (including phenoxy) is 2. The molecule has 3 fully saturated rings. The Balaban J connectivity index is 1.22. The topological polar surface area (TPSA) is 43.4 Å². The molecule has 3 aliphatic heterocycles. The smallest absolute Gasteiger partial charge is 0.399 e. The Morgan fingerprint density at radius 2 is 1.63 bits per heavy atom. The SMILES string of the molecule is CC1(C)OB(c2ccc(N3CCN(CCOC4CCCCO4)CC3)cc2)OC1(C)C. The van der Waals surface area contributed by atoms with Crippen LogP contribution in [-0.2, 0) is 18.8 Å². The van der Waals surface area contributed by atoms with Crippen LogP contribution in [0.4, 0.5) is 5.69 Å². The van der Waals surface area contributed by atoms with Gasteiger partial charge in [-0.05, 0) is 64.6 Å². The minimum absolute atomic E-state index is 0.0162. The van der Waals surface area contributed by atoms with Crippen molar-refractivity contribution in [2.45, 2.75) is 64.4 Å². The summed E-state index contributed by atoms with van der Waals surface area (Å²) in [7, 11) is -0.297. The first-order chi connectivity index (χ1) is 14.3. The molecule has 3 aliphatic rings. The standard InChI is InChI=1S/C23H37BN2O4/c1-22(2)23(3,4)30-24(29-22)19-8-10-20(11-9-19)26-14-12-25(13-15-26)16-18-28-21-7-5-6-17-27-21/h8-11,21H,5-7,12-18H2,1-4H3. The number of anilines is 1. The summed E-state index contributed by atoms with van der Waals surface area (Å²) in [5.74, 6) is 0. The van der Waals surface area contributed by atoms with E-state index in [-0.39, 0.29) is 24.6 Å². The maximum absolute atomic E-state index is 6.17. The van der Waals surface area contributed by atoms with Crippen LogP contribution in [0.5, 0.6) is 0 Å². The van der Waals surface area contributed by atoms with E-state index in [9.17, 15) is 0 Å². The van der Waals surface area contributed by atoms with E-state index in [0.29, 0.717) is 0 Å². The highest BCUT2D eigenvalue weighted by Gasteiger charge is 2.51. The molecule has 0 amide bonds. The molecular weight excluding hydrogens is 379 g/mol. The average Bonchev–Trinajstić information content (AvgIpc) is 2.97. The van der Waals surface area contributed by atoms with Crippen molar-refractivity contribution in [2.24, 2.45) is 0 Å². The normalized spacial score (nSPS) is 26.9. The first-order valence-corrected chi connectivity index (χ1v) is 11.5. The predicted molar refractivity (Wildman–Crippen MR) is 120 cm³/mol. The second-order valence-corrected chi connectivity index (χ2v) is 9.68. The van der Waals surface area contributed by atoms with Gasteiger partial charge in [-0.1, -0.05) is 12.1 Å². The molecule has 1 atom stereocenters. The number of benzene rings is 1. The van der Waals surface area contributed by atoms with Gasteiger partial charge >= 0.3 is 7.12 Å². The summed E-state index contributed by atoms with van der Waals surface area (Å²) in [5, 5.41) is 0. The zero-order chi connectivity index (χ0) is 21.2. The van der Waals surface area contributed by atoms with Crippen molar-refractivity contribution in [3.63, 3.8) is 0 Å². The lowest BCUT2D eigenvalue weighted by molar-refractivity contribution is -0.164. The molecule has 166 valence electrons. The van der Waals surface area contributed by atoms with Crippen molar-refractivity contribution in [1.82, 2.24) is 4.90 Å². The highest BCUT2D eigenvalue weighted by atomic mass is 16.7. The van der Waals surface area contributed by atoms with Gasteiger partial charge in [0.25, 0.3) is 0 Å². The summed E-state index contributed by atoms with van der Waals surface area (Å²) >= 11 is 0. The zero-order valence-corrected chi connectivity index (χ0v) is 19.1. The summed E-state index contributed by atoms with van der Waals surface area (Å²) in [6, 6.07) is 8.67. The lowest BCUT2D eigenvalue weighted by Gasteiger charge is -2.36. The van der Waals surface area contributed by atoms with Crippen LogP contribution < -0.4 is 10.4 Å². The fourth-order valence-corrected chi connectivity index (χ4v) is 4.21. The van der Waals surface area contributed by atoms with Gasteiger partial charge in [0.2, 0.25) is 0 Å². The molecule has 0 bridgehead atoms. The Bertz CT molecular complexity index is 667. The molecule has 1 aromatic carbocycles. The Labute approximate surface area is 181 Å². The Hall–Kier alpha value is -1.12. The molecule has 1 unspecified atom stereocenters. The lowest BCUT2D eigenvalue weighted by Crippen LogP contribution is -2.47. The third kappa shape index (κ3) is 5.02. The largest absolute Gasteiger partial charge is 0.494 e. The maximum Gasteiger partial charge on any atom is 0.494 e. The molecule has 7 heteroatoms. The minimum atomic E-state index is -0.306. The van der Waals surface area contributed by atoms with E-state index in [1.165, 1.54) is 18.5 Å². The number of rotatable bonds is 6. The molecule has 0 aliphatic carbocycles. The number of nitrogens with zero attached hydrogens (tertiary/aromatic N) is 2. The van der Waals surface area contributed by atoms with Gasteiger partial charge in [-0.15, -0.1) is 0 Å². The molecule has 1 aromatic rings. The van der Waals surface area contributed by atoms with Crippen molar-refractivity contribution in [3.8, 4) is 0 Å². The molecule has 0 radical (unpaired) electrons. The predicted octanol–water partition coefficient (Wildman–Crippen LogP) is 2.65. The molecule has 3 heterocycles. The van der Waals surface area contributed by atoms with Gasteiger partial charge in [-0.25, -0.2) is 0 Å². The van der Waals surface area contributed by atoms with Gasteiger partial charge in [0.05, 0.1) is 17.8 Å². The van der Waals surface area contributed by atoms with Crippen LogP contribution in [0.15, 0.2) is 24.3 Å². The third-order valence-electron chi connectivity index (χ3n) is 7.01. The van der Waals surface area contributed by atoms with E-state index >= 15 is 0 Å². The number of hydrogen-bond donors (Lipinski definition) is 0. The monoisotopic (exact) mass is 416 g/mol. The second kappa shape index (κ2) is 9.17. The summed E-state index contributed by atoms with van der Waals surface area (Å²) in [6.45, 7) is 15.1. The highest BCUT2D eigenvalue weighted by Crippen LogP contribution is 2.36. The van der Waals surface area contributed by atoms with Gasteiger partial charge in [-0.2, -0.15) is 0 Å². The Kier molecular flexibility index (Phi) is 6.75. The number of piperazine rings is 1. The quantitative estimate of drug-likeness (QED) is 0.665. The van der Waals surface area contributed by atoms with Crippen molar-refractivity contribution in [2.75, 3.05) is 50.8 Å². The molecule has 0 aromatic heterocycles. The van der Waals surface area contributed by atoms with Gasteiger partial charge in [0, 0.05) is 45.0 Å². The van der Waals surface area contributed by atoms with E-state index in [1.54, 1.807) is 0 Å². The van der Waals surface area contributed by atoms with E-state index in [1.807, 2.05) is 0 Å². The molecule has 0 spiro atoms. The Morgan fingerprint density at radius 1 is 0.967 bits per heavy atom. The van der Waals surface area contributed by atoms with Gasteiger partial charge in [0.15, 0.2) is 6.29 Å². The van der Waals surface area contributed by atoms with E-state index in [2.05, 4.69) is 61.8 Å². The van der Waals surface area contributed by atoms with E-state index < -0.39 is 0 Å². The first kappa shape index (κ1) is 22.1. The summed E-state index contributed by atoms with van der Waals surface area (Å²) in [4.78, 5) is 4.94. The van der Waals surface area contributed by atoms with E-state index in [4.69, 9.17) is 18.8 Å². The van der Waals surface area contributed by atoms with Gasteiger partial charge < -0.3 is 23.7 Å². The van der Waals surface area contributed by atoms with E-state index in [0.717, 1.165) is 57.8 Å². The number of hydrogen-bond acceptors (Lipinski definition) is 6. The van der Waals surface area contributed by atoms with Crippen molar-refractivity contribution in [1.29, 1.82) is 0 Å². The summed E-state index contributed by atoms with van der Waals surface area (Å²) in [6.07, 6.45) is 3.44. The van der Waals surface area contributed by atoms with Crippen molar-refractivity contribution >= 4 is 18.3 Å². The maximum atomic E-state index is 6.17. The second-order valence-electron chi connectivity index (χ2n) is 9.68.